The molecular weight excluding hydrogens is 350 g/mol. The van der Waals surface area contributed by atoms with E-state index >= 15 is 0 Å². The van der Waals surface area contributed by atoms with Crippen molar-refractivity contribution in [3.8, 4) is 0 Å². The van der Waals surface area contributed by atoms with Gasteiger partial charge in [-0.15, -0.1) is 11.3 Å². The highest BCUT2D eigenvalue weighted by Crippen LogP contribution is 2.35. The van der Waals surface area contributed by atoms with Gasteiger partial charge in [-0.1, -0.05) is 87.6 Å². The summed E-state index contributed by atoms with van der Waals surface area (Å²) in [6.45, 7) is 0. The minimum atomic E-state index is 0.00305. The van der Waals surface area contributed by atoms with Gasteiger partial charge < -0.3 is 5.32 Å². The molecule has 1 fully saturated rings. The third-order valence-electron chi connectivity index (χ3n) is 5.18. The standard InChI is InChI=1S/C21H28ClNOS/c22-19-17-14-10-11-15-18(17)25-20(19)21(24)23-16-12-8-6-4-2-1-3-5-7-9-13-16/h10-11,14-16H,1-9,12-13H2,(H,23,24). The van der Waals surface area contributed by atoms with Crippen LogP contribution in [-0.4, -0.2) is 11.9 Å². The van der Waals surface area contributed by atoms with Crippen LogP contribution in [0.1, 0.15) is 80.3 Å². The predicted molar refractivity (Wildman–Crippen MR) is 109 cm³/mol. The Morgan fingerprint density at radius 3 is 2.08 bits per heavy atom. The smallest absolute Gasteiger partial charge is 0.263 e. The highest BCUT2D eigenvalue weighted by atomic mass is 35.5. The number of hydrogen-bond donors (Lipinski definition) is 1. The van der Waals surface area contributed by atoms with E-state index in [0.29, 0.717) is 9.90 Å². The molecule has 1 heterocycles. The van der Waals surface area contributed by atoms with Gasteiger partial charge in [0.15, 0.2) is 0 Å². The van der Waals surface area contributed by atoms with Crippen molar-refractivity contribution in [1.82, 2.24) is 5.32 Å². The lowest BCUT2D eigenvalue weighted by atomic mass is 9.98. The Morgan fingerprint density at radius 1 is 0.920 bits per heavy atom. The number of amides is 1. The van der Waals surface area contributed by atoms with E-state index in [9.17, 15) is 4.79 Å². The van der Waals surface area contributed by atoms with Crippen molar-refractivity contribution < 1.29 is 4.79 Å². The summed E-state index contributed by atoms with van der Waals surface area (Å²) in [6, 6.07) is 8.26. The Hall–Kier alpha value is -1.06. The van der Waals surface area contributed by atoms with Crippen LogP contribution >= 0.6 is 22.9 Å². The molecule has 0 aliphatic heterocycles. The van der Waals surface area contributed by atoms with Gasteiger partial charge in [0, 0.05) is 16.1 Å². The molecule has 2 nitrogen and oxygen atoms in total. The molecule has 0 radical (unpaired) electrons. The SMILES string of the molecule is O=C(NC1CCCCCCCCCCC1)c1sc2ccccc2c1Cl. The van der Waals surface area contributed by atoms with E-state index in [-0.39, 0.29) is 11.9 Å². The van der Waals surface area contributed by atoms with Gasteiger partial charge in [-0.25, -0.2) is 0 Å². The second kappa shape index (κ2) is 9.59. The first-order valence-electron chi connectivity index (χ1n) is 9.73. The Morgan fingerprint density at radius 2 is 1.48 bits per heavy atom. The molecule has 25 heavy (non-hydrogen) atoms. The Bertz CT molecular complexity index is 684. The molecule has 0 saturated heterocycles. The number of rotatable bonds is 2. The Labute approximate surface area is 160 Å². The van der Waals surface area contributed by atoms with E-state index in [1.54, 1.807) is 0 Å². The summed E-state index contributed by atoms with van der Waals surface area (Å²) in [4.78, 5) is 13.5. The normalized spacial score (nSPS) is 18.4. The van der Waals surface area contributed by atoms with Crippen LogP contribution in [0.25, 0.3) is 10.1 Å². The zero-order valence-corrected chi connectivity index (χ0v) is 16.4. The molecule has 4 heteroatoms. The molecule has 0 bridgehead atoms. The molecule has 136 valence electrons. The molecule has 0 atom stereocenters. The van der Waals surface area contributed by atoms with E-state index in [0.717, 1.165) is 22.9 Å². The summed E-state index contributed by atoms with van der Waals surface area (Å²) in [5.41, 5.74) is 0. The molecule has 1 saturated carbocycles. The monoisotopic (exact) mass is 377 g/mol. The second-order valence-electron chi connectivity index (χ2n) is 7.17. The maximum Gasteiger partial charge on any atom is 0.263 e. The molecule has 1 N–H and O–H groups in total. The molecule has 1 aliphatic carbocycles. The van der Waals surface area contributed by atoms with Gasteiger partial charge in [0.1, 0.15) is 4.88 Å². The fourth-order valence-corrected chi connectivity index (χ4v) is 5.14. The highest BCUT2D eigenvalue weighted by Gasteiger charge is 2.20. The molecule has 1 amide bonds. The van der Waals surface area contributed by atoms with Crippen molar-refractivity contribution in [2.24, 2.45) is 0 Å². The molecule has 1 aromatic heterocycles. The van der Waals surface area contributed by atoms with Crippen molar-refractivity contribution in [2.45, 2.75) is 76.7 Å². The molecular formula is C21H28ClNOS. The third-order valence-corrected chi connectivity index (χ3v) is 6.86. The number of nitrogens with one attached hydrogen (secondary N) is 1. The molecule has 0 spiro atoms. The van der Waals surface area contributed by atoms with E-state index in [1.807, 2.05) is 24.3 Å². The Balaban J connectivity index is 1.64. The molecule has 1 aliphatic rings. The van der Waals surface area contributed by atoms with Gasteiger partial charge in [0.2, 0.25) is 0 Å². The summed E-state index contributed by atoms with van der Waals surface area (Å²) in [5.74, 6) is 0.00305. The summed E-state index contributed by atoms with van der Waals surface area (Å²) < 4.78 is 1.08. The van der Waals surface area contributed by atoms with Crippen molar-refractivity contribution >= 4 is 38.9 Å². The van der Waals surface area contributed by atoms with Gasteiger partial charge in [0.05, 0.1) is 5.02 Å². The maximum atomic E-state index is 12.8. The van der Waals surface area contributed by atoms with E-state index in [4.69, 9.17) is 11.6 Å². The van der Waals surface area contributed by atoms with E-state index in [2.05, 4.69) is 5.32 Å². The molecule has 2 aromatic rings. The van der Waals surface area contributed by atoms with Crippen LogP contribution in [0.15, 0.2) is 24.3 Å². The van der Waals surface area contributed by atoms with E-state index < -0.39 is 0 Å². The summed E-state index contributed by atoms with van der Waals surface area (Å²) in [7, 11) is 0. The van der Waals surface area contributed by atoms with Crippen molar-refractivity contribution in [2.75, 3.05) is 0 Å². The zero-order chi connectivity index (χ0) is 17.5. The number of thiophene rings is 1. The van der Waals surface area contributed by atoms with Crippen LogP contribution in [0.3, 0.4) is 0 Å². The van der Waals surface area contributed by atoms with Gasteiger partial charge in [-0.2, -0.15) is 0 Å². The van der Waals surface area contributed by atoms with Crippen LogP contribution in [0.5, 0.6) is 0 Å². The molecule has 0 unspecified atom stereocenters. The number of fused-ring (bicyclic) bond motifs is 1. The summed E-state index contributed by atoms with van der Waals surface area (Å²) >= 11 is 7.96. The van der Waals surface area contributed by atoms with Crippen LogP contribution in [0.2, 0.25) is 5.02 Å². The average molecular weight is 378 g/mol. The minimum Gasteiger partial charge on any atom is -0.349 e. The maximum absolute atomic E-state index is 12.8. The number of carbonyl (C=O) groups excluding carboxylic acids is 1. The first-order chi connectivity index (χ1) is 12.3. The van der Waals surface area contributed by atoms with Crippen molar-refractivity contribution in [3.63, 3.8) is 0 Å². The quantitative estimate of drug-likeness (QED) is 0.602. The lowest BCUT2D eigenvalue weighted by molar-refractivity contribution is 0.0935. The van der Waals surface area contributed by atoms with Gasteiger partial charge in [-0.3, -0.25) is 4.79 Å². The fraction of sp³-hybridized carbons (Fsp3) is 0.571. The summed E-state index contributed by atoms with van der Waals surface area (Å²) in [5, 5.41) is 4.86. The first kappa shape index (κ1) is 18.7. The minimum absolute atomic E-state index is 0.00305. The van der Waals surface area contributed by atoms with E-state index in [1.165, 1.54) is 69.1 Å². The number of carbonyl (C=O) groups is 1. The van der Waals surface area contributed by atoms with Gasteiger partial charge >= 0.3 is 0 Å². The van der Waals surface area contributed by atoms with Crippen LogP contribution in [0, 0.1) is 0 Å². The number of benzene rings is 1. The third kappa shape index (κ3) is 5.21. The topological polar surface area (TPSA) is 29.1 Å². The predicted octanol–water partition coefficient (Wildman–Crippen LogP) is 6.96. The summed E-state index contributed by atoms with van der Waals surface area (Å²) in [6.07, 6.45) is 14.0. The van der Waals surface area contributed by atoms with Crippen LogP contribution in [0.4, 0.5) is 0 Å². The average Bonchev–Trinajstić information content (AvgIpc) is 2.95. The second-order valence-corrected chi connectivity index (χ2v) is 8.60. The van der Waals surface area contributed by atoms with Crippen LogP contribution in [-0.2, 0) is 0 Å². The van der Waals surface area contributed by atoms with Gasteiger partial charge in [-0.05, 0) is 18.9 Å². The first-order valence-corrected chi connectivity index (χ1v) is 10.9. The largest absolute Gasteiger partial charge is 0.349 e. The van der Waals surface area contributed by atoms with Crippen molar-refractivity contribution in [1.29, 1.82) is 0 Å². The molecule has 3 rings (SSSR count). The number of hydrogen-bond acceptors (Lipinski definition) is 2. The van der Waals surface area contributed by atoms with Crippen LogP contribution < -0.4 is 5.32 Å². The fourth-order valence-electron chi connectivity index (χ4n) is 3.72. The van der Waals surface area contributed by atoms with Crippen molar-refractivity contribution in [3.05, 3.63) is 34.2 Å². The Kier molecular flexibility index (Phi) is 7.18. The molecule has 1 aromatic carbocycles. The number of halogens is 1. The zero-order valence-electron chi connectivity index (χ0n) is 14.9. The highest BCUT2D eigenvalue weighted by molar-refractivity contribution is 7.21. The lowest BCUT2D eigenvalue weighted by Crippen LogP contribution is -2.34. The van der Waals surface area contributed by atoms with Gasteiger partial charge in [0.25, 0.3) is 5.91 Å². The lowest BCUT2D eigenvalue weighted by Gasteiger charge is -2.19.